The van der Waals surface area contributed by atoms with Crippen LogP contribution in [0, 0.1) is 12.3 Å². The number of rotatable bonds is 5. The number of allylic oxidation sites excluding steroid dienone is 2. The quantitative estimate of drug-likeness (QED) is 0.326. The largest absolute Gasteiger partial charge is 0.464 e. The van der Waals surface area contributed by atoms with Crippen molar-refractivity contribution in [1.82, 2.24) is 9.55 Å². The fraction of sp³-hybridized carbons (Fsp3) is 0.393. The normalized spacial score (nSPS) is 16.0. The minimum Gasteiger partial charge on any atom is -0.464 e. The summed E-state index contributed by atoms with van der Waals surface area (Å²) in [4.78, 5) is 29.9. The molecule has 0 aliphatic heterocycles. The highest BCUT2D eigenvalue weighted by Crippen LogP contribution is 2.38. The molecule has 0 saturated heterocycles. The van der Waals surface area contributed by atoms with Crippen LogP contribution in [0.4, 0.5) is 5.69 Å². The van der Waals surface area contributed by atoms with Crippen LogP contribution in [0.3, 0.4) is 0 Å². The van der Waals surface area contributed by atoms with Gasteiger partial charge in [0.15, 0.2) is 5.69 Å². The first-order valence-electron chi connectivity index (χ1n) is 11.9. The number of nitrogens with one attached hydrogen (secondary N) is 1. The Morgan fingerprint density at radius 2 is 1.97 bits per heavy atom. The number of aryl methyl sites for hydroxylation is 1. The van der Waals surface area contributed by atoms with Gasteiger partial charge in [-0.15, -0.1) is 0 Å². The van der Waals surface area contributed by atoms with Crippen molar-refractivity contribution in [3.8, 4) is 0 Å². The predicted octanol–water partition coefficient (Wildman–Crippen LogP) is 6.45. The van der Waals surface area contributed by atoms with Gasteiger partial charge in [0.25, 0.3) is 5.56 Å². The van der Waals surface area contributed by atoms with Crippen LogP contribution in [-0.2, 0) is 11.8 Å². The molecule has 1 unspecified atom stereocenters. The lowest BCUT2D eigenvalue weighted by Gasteiger charge is -2.29. The van der Waals surface area contributed by atoms with E-state index in [0.717, 1.165) is 41.5 Å². The smallest absolute Gasteiger partial charge is 0.358 e. The number of carbonyl (C=O) groups excluding carboxylic acids is 1. The molecule has 1 aliphatic rings. The highest BCUT2D eigenvalue weighted by atomic mass is 35.5. The summed E-state index contributed by atoms with van der Waals surface area (Å²) in [5.74, 6) is -0.570. The molecule has 0 saturated carbocycles. The topological polar surface area (TPSA) is 73.2 Å². The van der Waals surface area contributed by atoms with Gasteiger partial charge in [0, 0.05) is 24.2 Å². The standard InChI is InChI=1S/C28H32ClN3O3/c1-16-13-19(17(2)30-22-7-8-24(29)31-25(22)27(34)35-6)20-15-23(32(5)26(33)21(20)14-16)18-9-11-28(3,4)12-10-18/h7-9,13-15,17,30H,10-12H2,1-6H3. The number of fused-ring (bicyclic) bond motifs is 1. The van der Waals surface area contributed by atoms with E-state index in [1.54, 1.807) is 16.7 Å². The van der Waals surface area contributed by atoms with Gasteiger partial charge in [0.1, 0.15) is 5.15 Å². The summed E-state index contributed by atoms with van der Waals surface area (Å²) in [6.07, 6.45) is 5.30. The van der Waals surface area contributed by atoms with Gasteiger partial charge in [-0.1, -0.05) is 37.6 Å². The van der Waals surface area contributed by atoms with Crippen LogP contribution in [0.15, 0.2) is 41.2 Å². The fourth-order valence-electron chi connectivity index (χ4n) is 4.78. The molecule has 35 heavy (non-hydrogen) atoms. The summed E-state index contributed by atoms with van der Waals surface area (Å²) in [6.45, 7) is 8.55. The van der Waals surface area contributed by atoms with Gasteiger partial charge in [0.05, 0.1) is 12.8 Å². The number of ether oxygens (including phenoxy) is 1. The van der Waals surface area contributed by atoms with Crippen molar-refractivity contribution in [2.24, 2.45) is 12.5 Å². The highest BCUT2D eigenvalue weighted by Gasteiger charge is 2.24. The van der Waals surface area contributed by atoms with Crippen LogP contribution in [-0.4, -0.2) is 22.6 Å². The second-order valence-electron chi connectivity index (χ2n) is 10.2. The first-order valence-corrected chi connectivity index (χ1v) is 12.2. The van der Waals surface area contributed by atoms with Crippen LogP contribution in [0.1, 0.15) is 73.4 Å². The summed E-state index contributed by atoms with van der Waals surface area (Å²) >= 11 is 6.02. The van der Waals surface area contributed by atoms with E-state index in [-0.39, 0.29) is 27.9 Å². The third-order valence-electron chi connectivity index (χ3n) is 6.91. The Balaban J connectivity index is 1.83. The molecule has 2 heterocycles. The van der Waals surface area contributed by atoms with Gasteiger partial charge in [-0.2, -0.15) is 0 Å². The molecule has 7 heteroatoms. The highest BCUT2D eigenvalue weighted by molar-refractivity contribution is 6.29. The third-order valence-corrected chi connectivity index (χ3v) is 7.12. The van der Waals surface area contributed by atoms with Crippen molar-refractivity contribution in [3.05, 3.63) is 74.4 Å². The van der Waals surface area contributed by atoms with Gasteiger partial charge in [-0.3, -0.25) is 4.79 Å². The molecule has 2 aromatic heterocycles. The van der Waals surface area contributed by atoms with E-state index < -0.39 is 5.97 Å². The van der Waals surface area contributed by atoms with Crippen LogP contribution in [0.25, 0.3) is 16.3 Å². The SMILES string of the molecule is COC(=O)c1nc(Cl)ccc1NC(C)c1cc(C)cc2c(=O)n(C)c(C3=CCC(C)(C)CC3)cc12. The first kappa shape index (κ1) is 25.0. The van der Waals surface area contributed by atoms with Crippen molar-refractivity contribution < 1.29 is 9.53 Å². The number of carbonyl (C=O) groups is 1. The van der Waals surface area contributed by atoms with Gasteiger partial charge < -0.3 is 14.6 Å². The van der Waals surface area contributed by atoms with Crippen molar-refractivity contribution in [2.45, 2.75) is 53.0 Å². The van der Waals surface area contributed by atoms with Crippen LogP contribution >= 0.6 is 11.6 Å². The Morgan fingerprint density at radius 1 is 1.23 bits per heavy atom. The number of pyridine rings is 2. The van der Waals surface area contributed by atoms with Crippen molar-refractivity contribution in [3.63, 3.8) is 0 Å². The second-order valence-corrected chi connectivity index (χ2v) is 10.6. The maximum atomic E-state index is 13.5. The first-order chi connectivity index (χ1) is 16.5. The molecule has 0 fully saturated rings. The number of anilines is 1. The van der Waals surface area contributed by atoms with Gasteiger partial charge in [0.2, 0.25) is 0 Å². The van der Waals surface area contributed by atoms with Crippen molar-refractivity contribution >= 4 is 39.6 Å². The maximum Gasteiger partial charge on any atom is 0.358 e. The molecule has 4 rings (SSSR count). The average Bonchev–Trinajstić information content (AvgIpc) is 2.82. The zero-order valence-corrected chi connectivity index (χ0v) is 21.9. The Bertz CT molecular complexity index is 1400. The number of benzene rings is 1. The van der Waals surface area contributed by atoms with E-state index >= 15 is 0 Å². The average molecular weight is 494 g/mol. The van der Waals surface area contributed by atoms with Gasteiger partial charge >= 0.3 is 5.97 Å². The monoisotopic (exact) mass is 493 g/mol. The van der Waals surface area contributed by atoms with E-state index in [1.165, 1.54) is 12.7 Å². The number of hydrogen-bond acceptors (Lipinski definition) is 5. The van der Waals surface area contributed by atoms with E-state index in [1.807, 2.05) is 27.0 Å². The maximum absolute atomic E-state index is 13.5. The summed E-state index contributed by atoms with van der Waals surface area (Å²) in [7, 11) is 3.16. The van der Waals surface area contributed by atoms with Crippen LogP contribution in [0.2, 0.25) is 5.15 Å². The molecule has 0 spiro atoms. The lowest BCUT2D eigenvalue weighted by atomic mass is 9.77. The molecule has 1 N–H and O–H groups in total. The van der Waals surface area contributed by atoms with E-state index in [0.29, 0.717) is 11.1 Å². The van der Waals surface area contributed by atoms with Crippen LogP contribution in [0.5, 0.6) is 0 Å². The van der Waals surface area contributed by atoms with Gasteiger partial charge in [-0.05, 0) is 84.9 Å². The Hall–Kier alpha value is -3.12. The molecular weight excluding hydrogens is 462 g/mol. The Morgan fingerprint density at radius 3 is 2.63 bits per heavy atom. The molecule has 6 nitrogen and oxygen atoms in total. The Labute approximate surface area is 211 Å². The molecular formula is C28H32ClN3O3. The number of esters is 1. The minimum absolute atomic E-state index is 0.0104. The molecule has 1 atom stereocenters. The zero-order valence-electron chi connectivity index (χ0n) is 21.2. The number of halogens is 1. The molecule has 184 valence electrons. The summed E-state index contributed by atoms with van der Waals surface area (Å²) in [5.41, 5.74) is 5.05. The molecule has 0 bridgehead atoms. The summed E-state index contributed by atoms with van der Waals surface area (Å²) < 4.78 is 6.65. The predicted molar refractivity (Wildman–Crippen MR) is 142 cm³/mol. The number of methoxy groups -OCH3 is 1. The number of nitrogens with zero attached hydrogens (tertiary/aromatic N) is 2. The molecule has 3 aromatic rings. The Kier molecular flexibility index (Phi) is 6.78. The minimum atomic E-state index is -0.570. The van der Waals surface area contributed by atoms with Gasteiger partial charge in [-0.25, -0.2) is 9.78 Å². The lowest BCUT2D eigenvalue weighted by molar-refractivity contribution is 0.0595. The number of aromatic nitrogens is 2. The lowest BCUT2D eigenvalue weighted by Crippen LogP contribution is -2.23. The van der Waals surface area contributed by atoms with Crippen LogP contribution < -0.4 is 10.9 Å². The van der Waals surface area contributed by atoms with E-state index in [4.69, 9.17) is 16.3 Å². The summed E-state index contributed by atoms with van der Waals surface area (Å²) in [6, 6.07) is 9.29. The van der Waals surface area contributed by atoms with E-state index in [2.05, 4.69) is 42.4 Å². The van der Waals surface area contributed by atoms with Crippen molar-refractivity contribution in [2.75, 3.05) is 12.4 Å². The number of hydrogen-bond donors (Lipinski definition) is 1. The zero-order chi connectivity index (χ0) is 25.5. The molecule has 0 amide bonds. The second kappa shape index (κ2) is 9.50. The van der Waals surface area contributed by atoms with Crippen molar-refractivity contribution in [1.29, 1.82) is 0 Å². The molecule has 0 radical (unpaired) electrons. The molecule has 1 aromatic carbocycles. The van der Waals surface area contributed by atoms with E-state index in [9.17, 15) is 9.59 Å². The molecule has 1 aliphatic carbocycles. The fourth-order valence-corrected chi connectivity index (χ4v) is 4.93. The summed E-state index contributed by atoms with van der Waals surface area (Å²) in [5, 5.41) is 5.18. The third kappa shape index (κ3) is 4.98.